The molecule has 0 aliphatic carbocycles. The molecule has 0 bridgehead atoms. The van der Waals surface area contributed by atoms with Crippen LogP contribution in [0.15, 0.2) is 36.5 Å². The molecule has 1 aromatic carbocycles. The molecule has 1 atom stereocenters. The molecule has 0 saturated heterocycles. The second-order valence-electron chi connectivity index (χ2n) is 4.12. The first-order chi connectivity index (χ1) is 8.61. The van der Waals surface area contributed by atoms with Crippen LogP contribution in [0.1, 0.15) is 22.9 Å². The molecule has 1 heterocycles. The van der Waals surface area contributed by atoms with E-state index in [-0.39, 0.29) is 17.7 Å². The van der Waals surface area contributed by atoms with E-state index in [1.807, 2.05) is 6.92 Å². The van der Waals surface area contributed by atoms with Crippen molar-refractivity contribution in [1.29, 1.82) is 0 Å². The van der Waals surface area contributed by atoms with Gasteiger partial charge in [0.15, 0.2) is 0 Å². The van der Waals surface area contributed by atoms with Crippen molar-refractivity contribution >= 4 is 0 Å². The third-order valence-electron chi connectivity index (χ3n) is 2.88. The summed E-state index contributed by atoms with van der Waals surface area (Å²) in [6.07, 6.45) is 1.18. The number of nitrogens with zero attached hydrogens (tertiary/aromatic N) is 1. The number of hydrogen-bond donors (Lipinski definition) is 1. The second-order valence-corrected chi connectivity index (χ2v) is 4.12. The highest BCUT2D eigenvalue weighted by Crippen LogP contribution is 2.23. The van der Waals surface area contributed by atoms with Crippen LogP contribution in [0.4, 0.5) is 8.78 Å². The molecule has 0 fully saturated rings. The molecule has 0 spiro atoms. The van der Waals surface area contributed by atoms with Gasteiger partial charge in [0.2, 0.25) is 0 Å². The molecule has 2 rings (SSSR count). The molecule has 0 amide bonds. The van der Waals surface area contributed by atoms with E-state index in [0.29, 0.717) is 5.69 Å². The van der Waals surface area contributed by atoms with Gasteiger partial charge in [-0.1, -0.05) is 6.07 Å². The number of rotatable bonds is 3. The number of nitrogens with one attached hydrogen (secondary N) is 1. The standard InChI is InChI=1S/C14H14F2N2/c1-9-7-10(15)3-5-12(9)14(17-2)13-6-4-11(16)8-18-13/h3-8,14,17H,1-2H3. The van der Waals surface area contributed by atoms with Crippen molar-refractivity contribution in [1.82, 2.24) is 10.3 Å². The van der Waals surface area contributed by atoms with E-state index in [1.54, 1.807) is 19.2 Å². The minimum absolute atomic E-state index is 0.175. The van der Waals surface area contributed by atoms with Gasteiger partial charge in [-0.3, -0.25) is 4.98 Å². The molecule has 0 aliphatic heterocycles. The van der Waals surface area contributed by atoms with Crippen LogP contribution in [0.5, 0.6) is 0 Å². The highest BCUT2D eigenvalue weighted by atomic mass is 19.1. The van der Waals surface area contributed by atoms with Gasteiger partial charge >= 0.3 is 0 Å². The average molecular weight is 248 g/mol. The highest BCUT2D eigenvalue weighted by Gasteiger charge is 2.15. The van der Waals surface area contributed by atoms with Gasteiger partial charge in [0, 0.05) is 0 Å². The van der Waals surface area contributed by atoms with Crippen LogP contribution in [0.3, 0.4) is 0 Å². The van der Waals surface area contributed by atoms with Gasteiger partial charge in [0.1, 0.15) is 11.6 Å². The Hall–Kier alpha value is -1.81. The monoisotopic (exact) mass is 248 g/mol. The predicted octanol–water partition coefficient (Wildman–Crippen LogP) is 2.98. The van der Waals surface area contributed by atoms with Gasteiger partial charge in [-0.05, 0) is 49.4 Å². The molecular weight excluding hydrogens is 234 g/mol. The van der Waals surface area contributed by atoms with E-state index in [9.17, 15) is 8.78 Å². The molecule has 94 valence electrons. The van der Waals surface area contributed by atoms with Crippen molar-refractivity contribution in [2.75, 3.05) is 7.05 Å². The van der Waals surface area contributed by atoms with Crippen LogP contribution in [-0.2, 0) is 0 Å². The largest absolute Gasteiger partial charge is 0.308 e. The van der Waals surface area contributed by atoms with Crippen LogP contribution >= 0.6 is 0 Å². The number of pyridine rings is 1. The Morgan fingerprint density at radius 1 is 1.11 bits per heavy atom. The third kappa shape index (κ3) is 2.54. The Balaban J connectivity index is 2.41. The number of benzene rings is 1. The molecule has 0 saturated carbocycles. The van der Waals surface area contributed by atoms with Crippen molar-refractivity contribution < 1.29 is 8.78 Å². The van der Waals surface area contributed by atoms with Crippen molar-refractivity contribution in [3.8, 4) is 0 Å². The van der Waals surface area contributed by atoms with Crippen LogP contribution in [-0.4, -0.2) is 12.0 Å². The Labute approximate surface area is 105 Å². The summed E-state index contributed by atoms with van der Waals surface area (Å²) in [4.78, 5) is 4.06. The summed E-state index contributed by atoms with van der Waals surface area (Å²) in [6, 6.07) is 7.42. The van der Waals surface area contributed by atoms with Gasteiger partial charge in [0.25, 0.3) is 0 Å². The summed E-state index contributed by atoms with van der Waals surface area (Å²) in [5.74, 6) is -0.636. The fourth-order valence-electron chi connectivity index (χ4n) is 1.98. The molecule has 1 N–H and O–H groups in total. The summed E-state index contributed by atoms with van der Waals surface area (Å²) in [5, 5.41) is 3.11. The lowest BCUT2D eigenvalue weighted by molar-refractivity contribution is 0.606. The molecule has 18 heavy (non-hydrogen) atoms. The summed E-state index contributed by atoms with van der Waals surface area (Å²) >= 11 is 0. The Bertz CT molecular complexity index is 538. The normalized spacial score (nSPS) is 12.4. The van der Waals surface area contributed by atoms with E-state index < -0.39 is 0 Å². The van der Waals surface area contributed by atoms with E-state index in [1.165, 1.54) is 24.4 Å². The highest BCUT2D eigenvalue weighted by molar-refractivity contribution is 5.34. The summed E-state index contributed by atoms with van der Waals surface area (Å²) in [5.41, 5.74) is 2.46. The smallest absolute Gasteiger partial charge is 0.141 e. The summed E-state index contributed by atoms with van der Waals surface area (Å²) in [6.45, 7) is 1.84. The molecular formula is C14H14F2N2. The quantitative estimate of drug-likeness (QED) is 0.903. The van der Waals surface area contributed by atoms with E-state index >= 15 is 0 Å². The fourth-order valence-corrected chi connectivity index (χ4v) is 1.98. The lowest BCUT2D eigenvalue weighted by Gasteiger charge is -2.18. The van der Waals surface area contributed by atoms with Crippen molar-refractivity contribution in [3.05, 3.63) is 65.0 Å². The van der Waals surface area contributed by atoms with Crippen molar-refractivity contribution in [2.24, 2.45) is 0 Å². The number of halogens is 2. The predicted molar refractivity (Wildman–Crippen MR) is 66.2 cm³/mol. The van der Waals surface area contributed by atoms with Gasteiger partial charge < -0.3 is 5.32 Å². The first-order valence-corrected chi connectivity index (χ1v) is 5.66. The minimum atomic E-state index is -0.371. The van der Waals surface area contributed by atoms with Crippen molar-refractivity contribution in [2.45, 2.75) is 13.0 Å². The van der Waals surface area contributed by atoms with Crippen molar-refractivity contribution in [3.63, 3.8) is 0 Å². The Morgan fingerprint density at radius 2 is 1.83 bits per heavy atom. The zero-order valence-corrected chi connectivity index (χ0v) is 10.2. The van der Waals surface area contributed by atoms with Crippen LogP contribution in [0, 0.1) is 18.6 Å². The second kappa shape index (κ2) is 5.23. The van der Waals surface area contributed by atoms with E-state index in [0.717, 1.165) is 11.1 Å². The molecule has 0 aliphatic rings. The summed E-state index contributed by atoms with van der Waals surface area (Å²) < 4.78 is 25.9. The van der Waals surface area contributed by atoms with Crippen LogP contribution in [0.2, 0.25) is 0 Å². The Kier molecular flexibility index (Phi) is 3.67. The maximum atomic E-state index is 13.1. The lowest BCUT2D eigenvalue weighted by atomic mass is 9.98. The lowest BCUT2D eigenvalue weighted by Crippen LogP contribution is -2.20. The SMILES string of the molecule is CNC(c1ccc(F)cn1)c1ccc(F)cc1C. The van der Waals surface area contributed by atoms with Gasteiger partial charge in [-0.2, -0.15) is 0 Å². The zero-order valence-electron chi connectivity index (χ0n) is 10.2. The van der Waals surface area contributed by atoms with Gasteiger partial charge in [-0.15, -0.1) is 0 Å². The Morgan fingerprint density at radius 3 is 2.39 bits per heavy atom. The van der Waals surface area contributed by atoms with E-state index in [2.05, 4.69) is 10.3 Å². The third-order valence-corrected chi connectivity index (χ3v) is 2.88. The first kappa shape index (κ1) is 12.6. The number of aryl methyl sites for hydroxylation is 1. The molecule has 2 nitrogen and oxygen atoms in total. The van der Waals surface area contributed by atoms with Crippen LogP contribution < -0.4 is 5.32 Å². The zero-order chi connectivity index (χ0) is 13.1. The molecule has 1 unspecified atom stereocenters. The topological polar surface area (TPSA) is 24.9 Å². The summed E-state index contributed by atoms with van der Waals surface area (Å²) in [7, 11) is 1.79. The molecule has 4 heteroatoms. The molecule has 2 aromatic rings. The minimum Gasteiger partial charge on any atom is -0.308 e. The molecule has 1 aromatic heterocycles. The number of aromatic nitrogens is 1. The van der Waals surface area contributed by atoms with E-state index in [4.69, 9.17) is 0 Å². The van der Waals surface area contributed by atoms with Gasteiger partial charge in [-0.25, -0.2) is 8.78 Å². The maximum Gasteiger partial charge on any atom is 0.141 e. The first-order valence-electron chi connectivity index (χ1n) is 5.66. The fraction of sp³-hybridized carbons (Fsp3) is 0.214. The van der Waals surface area contributed by atoms with Gasteiger partial charge in [0.05, 0.1) is 17.9 Å². The average Bonchev–Trinajstić information content (AvgIpc) is 2.35. The number of hydrogen-bond acceptors (Lipinski definition) is 2. The molecule has 0 radical (unpaired) electrons. The van der Waals surface area contributed by atoms with Crippen LogP contribution in [0.25, 0.3) is 0 Å². The maximum absolute atomic E-state index is 13.1.